The van der Waals surface area contributed by atoms with Crippen LogP contribution in [0.2, 0.25) is 0 Å². The average Bonchev–Trinajstić information content (AvgIpc) is 2.25. The second-order valence-electron chi connectivity index (χ2n) is 2.89. The van der Waals surface area contributed by atoms with Crippen LogP contribution in [0.4, 0.5) is 0 Å². The Hall–Kier alpha value is -1.68. The molecular weight excluding hydrogens is 170 g/mol. The number of rotatable bonds is 2. The van der Waals surface area contributed by atoms with Crippen molar-refractivity contribution in [1.29, 1.82) is 0 Å². The first kappa shape index (κ1) is 10.4. The minimum absolute atomic E-state index is 0.983. The largest absolute Gasteiger partial charge is 0.382 e. The Balaban J connectivity index is 2.77. The fourth-order valence-corrected chi connectivity index (χ4v) is 1.08. The van der Waals surface area contributed by atoms with Crippen LogP contribution in [-0.2, 0) is 0 Å². The highest BCUT2D eigenvalue weighted by atomic mass is 14.8. The third kappa shape index (κ3) is 3.37. The van der Waals surface area contributed by atoms with Crippen LogP contribution in [0.25, 0.3) is 0 Å². The summed E-state index contributed by atoms with van der Waals surface area (Å²) in [5.74, 6) is 6.19. The Morgan fingerprint density at radius 3 is 2.64 bits per heavy atom. The molecule has 0 aliphatic heterocycles. The smallest absolute Gasteiger partial charge is 0.0813 e. The summed E-state index contributed by atoms with van der Waals surface area (Å²) in [5.41, 5.74) is 2.03. The molecule has 0 atom stereocenters. The van der Waals surface area contributed by atoms with Crippen molar-refractivity contribution < 1.29 is 0 Å². The molecule has 0 aliphatic carbocycles. The van der Waals surface area contributed by atoms with Crippen molar-refractivity contribution in [2.45, 2.75) is 13.3 Å². The van der Waals surface area contributed by atoms with Gasteiger partial charge in [-0.25, -0.2) is 0 Å². The van der Waals surface area contributed by atoms with Crippen LogP contribution < -0.4 is 5.32 Å². The molecule has 0 fully saturated rings. The third-order valence-electron chi connectivity index (χ3n) is 1.79. The van der Waals surface area contributed by atoms with Gasteiger partial charge in [-0.15, -0.1) is 0 Å². The number of benzene rings is 1. The van der Waals surface area contributed by atoms with Crippen molar-refractivity contribution in [3.8, 4) is 11.8 Å². The molecule has 0 spiro atoms. The lowest BCUT2D eigenvalue weighted by molar-refractivity contribution is 1.02. The average molecular weight is 185 g/mol. The summed E-state index contributed by atoms with van der Waals surface area (Å²) in [6, 6.07) is 9.99. The minimum atomic E-state index is 0.983. The topological polar surface area (TPSA) is 12.0 Å². The highest BCUT2D eigenvalue weighted by molar-refractivity contribution is 5.39. The van der Waals surface area contributed by atoms with Gasteiger partial charge in [0.05, 0.1) is 5.70 Å². The molecule has 0 heterocycles. The minimum Gasteiger partial charge on any atom is -0.382 e. The van der Waals surface area contributed by atoms with Gasteiger partial charge >= 0.3 is 0 Å². The zero-order valence-electron chi connectivity index (χ0n) is 8.67. The first-order chi connectivity index (χ1) is 6.86. The highest BCUT2D eigenvalue weighted by Crippen LogP contribution is 1.96. The van der Waals surface area contributed by atoms with Crippen LogP contribution >= 0.6 is 0 Å². The van der Waals surface area contributed by atoms with Gasteiger partial charge < -0.3 is 5.32 Å². The quantitative estimate of drug-likeness (QED) is 0.698. The second-order valence-corrected chi connectivity index (χ2v) is 2.89. The molecule has 1 nitrogen and oxygen atoms in total. The lowest BCUT2D eigenvalue weighted by Crippen LogP contribution is -2.02. The van der Waals surface area contributed by atoms with Crippen molar-refractivity contribution in [2.75, 3.05) is 7.05 Å². The lowest BCUT2D eigenvalue weighted by Gasteiger charge is -1.95. The maximum Gasteiger partial charge on any atom is 0.0813 e. The molecule has 1 heteroatoms. The molecule has 0 aromatic heterocycles. The molecule has 1 rings (SSSR count). The SMILES string of the molecule is CC/C=C(/C#Cc1ccccc1)NC. The van der Waals surface area contributed by atoms with E-state index in [1.54, 1.807) is 0 Å². The fourth-order valence-electron chi connectivity index (χ4n) is 1.08. The van der Waals surface area contributed by atoms with Gasteiger partial charge in [-0.2, -0.15) is 0 Å². The van der Waals surface area contributed by atoms with Gasteiger partial charge in [0.25, 0.3) is 0 Å². The maximum absolute atomic E-state index is 3.10. The van der Waals surface area contributed by atoms with Gasteiger partial charge in [-0.1, -0.05) is 37.1 Å². The van der Waals surface area contributed by atoms with Gasteiger partial charge in [-0.3, -0.25) is 0 Å². The highest BCUT2D eigenvalue weighted by Gasteiger charge is 1.85. The van der Waals surface area contributed by atoms with E-state index in [4.69, 9.17) is 0 Å². The molecule has 14 heavy (non-hydrogen) atoms. The van der Waals surface area contributed by atoms with Gasteiger partial charge in [-0.05, 0) is 24.5 Å². The Morgan fingerprint density at radius 2 is 2.07 bits per heavy atom. The molecule has 0 radical (unpaired) electrons. The summed E-state index contributed by atoms with van der Waals surface area (Å²) in [6.07, 6.45) is 3.08. The van der Waals surface area contributed by atoms with Gasteiger partial charge in [0.15, 0.2) is 0 Å². The van der Waals surface area contributed by atoms with Gasteiger partial charge in [0, 0.05) is 12.6 Å². The van der Waals surface area contributed by atoms with Gasteiger partial charge in [0.2, 0.25) is 0 Å². The summed E-state index contributed by atoms with van der Waals surface area (Å²) < 4.78 is 0. The zero-order valence-corrected chi connectivity index (χ0v) is 8.67. The van der Waals surface area contributed by atoms with E-state index < -0.39 is 0 Å². The molecule has 0 amide bonds. The zero-order chi connectivity index (χ0) is 10.2. The molecule has 0 aliphatic rings. The Morgan fingerprint density at radius 1 is 1.36 bits per heavy atom. The predicted molar refractivity (Wildman–Crippen MR) is 60.8 cm³/mol. The molecule has 1 N–H and O–H groups in total. The van der Waals surface area contributed by atoms with E-state index in [2.05, 4.69) is 30.2 Å². The van der Waals surface area contributed by atoms with Crippen molar-refractivity contribution in [3.05, 3.63) is 47.7 Å². The standard InChI is InChI=1S/C13H15N/c1-3-7-13(14-2)11-10-12-8-5-4-6-9-12/h4-9,14H,3H2,1-2H3/b13-7-. The van der Waals surface area contributed by atoms with Crippen molar-refractivity contribution in [2.24, 2.45) is 0 Å². The monoisotopic (exact) mass is 185 g/mol. The molecular formula is C13H15N. The summed E-state index contributed by atoms with van der Waals surface area (Å²) in [6.45, 7) is 2.10. The Kier molecular flexibility index (Phi) is 4.37. The molecule has 1 aromatic rings. The van der Waals surface area contributed by atoms with E-state index in [0.29, 0.717) is 0 Å². The van der Waals surface area contributed by atoms with E-state index >= 15 is 0 Å². The molecule has 0 unspecified atom stereocenters. The number of nitrogens with one attached hydrogen (secondary N) is 1. The van der Waals surface area contributed by atoms with Crippen molar-refractivity contribution in [1.82, 2.24) is 5.32 Å². The van der Waals surface area contributed by atoms with E-state index in [0.717, 1.165) is 17.7 Å². The molecule has 0 saturated heterocycles. The summed E-state index contributed by atoms with van der Waals surface area (Å²) >= 11 is 0. The fraction of sp³-hybridized carbons (Fsp3) is 0.231. The lowest BCUT2D eigenvalue weighted by atomic mass is 10.2. The summed E-state index contributed by atoms with van der Waals surface area (Å²) in [5, 5.41) is 3.06. The first-order valence-electron chi connectivity index (χ1n) is 4.81. The van der Waals surface area contributed by atoms with E-state index in [1.165, 1.54) is 0 Å². The van der Waals surface area contributed by atoms with E-state index in [1.807, 2.05) is 37.4 Å². The number of hydrogen-bond donors (Lipinski definition) is 1. The van der Waals surface area contributed by atoms with E-state index in [-0.39, 0.29) is 0 Å². The molecule has 1 aromatic carbocycles. The van der Waals surface area contributed by atoms with Crippen LogP contribution in [0.15, 0.2) is 42.1 Å². The second kappa shape index (κ2) is 5.88. The normalized spacial score (nSPS) is 10.3. The molecule has 72 valence electrons. The Bertz CT molecular complexity index is 352. The van der Waals surface area contributed by atoms with Crippen molar-refractivity contribution in [3.63, 3.8) is 0 Å². The van der Waals surface area contributed by atoms with Crippen molar-refractivity contribution >= 4 is 0 Å². The molecule has 0 bridgehead atoms. The van der Waals surface area contributed by atoms with Crippen LogP contribution in [0.5, 0.6) is 0 Å². The summed E-state index contributed by atoms with van der Waals surface area (Å²) in [4.78, 5) is 0. The van der Waals surface area contributed by atoms with Crippen LogP contribution in [-0.4, -0.2) is 7.05 Å². The first-order valence-corrected chi connectivity index (χ1v) is 4.81. The van der Waals surface area contributed by atoms with E-state index in [9.17, 15) is 0 Å². The van der Waals surface area contributed by atoms with Crippen LogP contribution in [0.3, 0.4) is 0 Å². The number of allylic oxidation sites excluding steroid dienone is 2. The molecule has 0 saturated carbocycles. The van der Waals surface area contributed by atoms with Crippen LogP contribution in [0.1, 0.15) is 18.9 Å². The summed E-state index contributed by atoms with van der Waals surface area (Å²) in [7, 11) is 1.89. The predicted octanol–water partition coefficient (Wildman–Crippen LogP) is 2.55. The number of hydrogen-bond acceptors (Lipinski definition) is 1. The maximum atomic E-state index is 3.10. The third-order valence-corrected chi connectivity index (χ3v) is 1.79. The van der Waals surface area contributed by atoms with Crippen LogP contribution in [0, 0.1) is 11.8 Å². The van der Waals surface area contributed by atoms with Gasteiger partial charge in [0.1, 0.15) is 0 Å². The Labute approximate surface area is 85.8 Å².